The second-order valence-corrected chi connectivity index (χ2v) is 5.39. The number of nitrogen functional groups attached to an aromatic ring is 1. The van der Waals surface area contributed by atoms with Crippen LogP contribution in [0.15, 0.2) is 18.2 Å². The van der Waals surface area contributed by atoms with Gasteiger partial charge in [-0.1, -0.05) is 24.4 Å². The van der Waals surface area contributed by atoms with E-state index in [9.17, 15) is 4.79 Å². The SMILES string of the molecule is Nc1ccc(Cl)c(NC(=O)CN2CCCCCC2)c1. The highest BCUT2D eigenvalue weighted by Crippen LogP contribution is 2.24. The zero-order valence-electron chi connectivity index (χ0n) is 11.0. The lowest BCUT2D eigenvalue weighted by molar-refractivity contribution is -0.117. The number of benzene rings is 1. The van der Waals surface area contributed by atoms with Crippen molar-refractivity contribution < 1.29 is 4.79 Å². The monoisotopic (exact) mass is 281 g/mol. The van der Waals surface area contributed by atoms with Gasteiger partial charge >= 0.3 is 0 Å². The Balaban J connectivity index is 1.91. The summed E-state index contributed by atoms with van der Waals surface area (Å²) in [4.78, 5) is 14.2. The minimum atomic E-state index is -0.0330. The first-order valence-electron chi connectivity index (χ1n) is 6.72. The molecule has 0 aliphatic carbocycles. The molecule has 0 spiro atoms. The molecule has 2 rings (SSSR count). The Morgan fingerprint density at radius 1 is 1.26 bits per heavy atom. The fraction of sp³-hybridized carbons (Fsp3) is 0.500. The van der Waals surface area contributed by atoms with E-state index >= 15 is 0 Å². The third-order valence-corrected chi connectivity index (χ3v) is 3.66. The van der Waals surface area contributed by atoms with Gasteiger partial charge in [0, 0.05) is 5.69 Å². The maximum absolute atomic E-state index is 12.0. The van der Waals surface area contributed by atoms with E-state index < -0.39 is 0 Å². The van der Waals surface area contributed by atoms with E-state index in [4.69, 9.17) is 17.3 Å². The summed E-state index contributed by atoms with van der Waals surface area (Å²) in [7, 11) is 0. The zero-order valence-corrected chi connectivity index (χ0v) is 11.7. The van der Waals surface area contributed by atoms with Gasteiger partial charge < -0.3 is 11.1 Å². The average Bonchev–Trinajstić information content (AvgIpc) is 2.62. The number of halogens is 1. The Kier molecular flexibility index (Phi) is 5.05. The van der Waals surface area contributed by atoms with Gasteiger partial charge in [0.1, 0.15) is 0 Å². The molecule has 0 atom stereocenters. The van der Waals surface area contributed by atoms with Gasteiger partial charge in [0.25, 0.3) is 0 Å². The fourth-order valence-electron chi connectivity index (χ4n) is 2.33. The molecule has 0 unspecified atom stereocenters. The van der Waals surface area contributed by atoms with Crippen LogP contribution in [0, 0.1) is 0 Å². The summed E-state index contributed by atoms with van der Waals surface area (Å²) >= 11 is 6.03. The molecule has 1 aliphatic rings. The van der Waals surface area contributed by atoms with Crippen LogP contribution >= 0.6 is 11.6 Å². The second kappa shape index (κ2) is 6.78. The summed E-state index contributed by atoms with van der Waals surface area (Å²) in [5.74, 6) is -0.0330. The third-order valence-electron chi connectivity index (χ3n) is 3.33. The molecule has 0 aromatic heterocycles. The van der Waals surface area contributed by atoms with Crippen LogP contribution in [0.5, 0.6) is 0 Å². The summed E-state index contributed by atoms with van der Waals surface area (Å²) in [6, 6.07) is 5.09. The van der Waals surface area contributed by atoms with Gasteiger partial charge in [-0.05, 0) is 44.1 Å². The smallest absolute Gasteiger partial charge is 0.238 e. The largest absolute Gasteiger partial charge is 0.399 e. The average molecular weight is 282 g/mol. The molecule has 104 valence electrons. The molecule has 1 amide bonds. The second-order valence-electron chi connectivity index (χ2n) is 4.98. The lowest BCUT2D eigenvalue weighted by Gasteiger charge is -2.19. The van der Waals surface area contributed by atoms with Gasteiger partial charge in [-0.3, -0.25) is 9.69 Å². The van der Waals surface area contributed by atoms with Crippen LogP contribution in [-0.2, 0) is 4.79 Å². The Morgan fingerprint density at radius 2 is 1.95 bits per heavy atom. The normalized spacial score (nSPS) is 16.9. The maximum atomic E-state index is 12.0. The van der Waals surface area contributed by atoms with Crippen molar-refractivity contribution in [2.45, 2.75) is 25.7 Å². The molecule has 1 heterocycles. The number of likely N-dealkylation sites (tertiary alicyclic amines) is 1. The zero-order chi connectivity index (χ0) is 13.7. The molecule has 5 heteroatoms. The van der Waals surface area contributed by atoms with E-state index in [0.717, 1.165) is 13.1 Å². The first kappa shape index (κ1) is 14.2. The van der Waals surface area contributed by atoms with Gasteiger partial charge in [-0.15, -0.1) is 0 Å². The van der Waals surface area contributed by atoms with Crippen LogP contribution in [0.3, 0.4) is 0 Å². The quantitative estimate of drug-likeness (QED) is 0.838. The van der Waals surface area contributed by atoms with E-state index in [1.54, 1.807) is 18.2 Å². The molecule has 1 aromatic carbocycles. The molecule has 1 aromatic rings. The molecular weight excluding hydrogens is 262 g/mol. The van der Waals surface area contributed by atoms with Crippen molar-refractivity contribution >= 4 is 28.9 Å². The number of carbonyl (C=O) groups is 1. The van der Waals surface area contributed by atoms with E-state index in [-0.39, 0.29) is 5.91 Å². The molecule has 1 saturated heterocycles. The Morgan fingerprint density at radius 3 is 2.63 bits per heavy atom. The van der Waals surface area contributed by atoms with Crippen molar-refractivity contribution in [3.05, 3.63) is 23.2 Å². The Hall–Kier alpha value is -1.26. The highest BCUT2D eigenvalue weighted by Gasteiger charge is 2.13. The van der Waals surface area contributed by atoms with Crippen molar-refractivity contribution in [1.82, 2.24) is 4.90 Å². The van der Waals surface area contributed by atoms with E-state index in [1.807, 2.05) is 0 Å². The molecule has 0 radical (unpaired) electrons. The summed E-state index contributed by atoms with van der Waals surface area (Å²) < 4.78 is 0. The number of rotatable bonds is 3. The van der Waals surface area contributed by atoms with Crippen molar-refractivity contribution in [1.29, 1.82) is 0 Å². The van der Waals surface area contributed by atoms with Gasteiger partial charge in [0.2, 0.25) is 5.91 Å². The van der Waals surface area contributed by atoms with Crippen LogP contribution in [0.1, 0.15) is 25.7 Å². The fourth-order valence-corrected chi connectivity index (χ4v) is 2.49. The van der Waals surface area contributed by atoms with Crippen molar-refractivity contribution in [2.75, 3.05) is 30.7 Å². The number of nitrogens with one attached hydrogen (secondary N) is 1. The summed E-state index contributed by atoms with van der Waals surface area (Å²) in [6.07, 6.45) is 4.87. The molecule has 4 nitrogen and oxygen atoms in total. The third kappa shape index (κ3) is 4.40. The molecule has 19 heavy (non-hydrogen) atoms. The predicted octanol–water partition coefficient (Wildman–Crippen LogP) is 2.74. The van der Waals surface area contributed by atoms with Crippen molar-refractivity contribution in [3.8, 4) is 0 Å². The number of hydrogen-bond acceptors (Lipinski definition) is 3. The van der Waals surface area contributed by atoms with Crippen LogP contribution in [0.2, 0.25) is 5.02 Å². The minimum absolute atomic E-state index is 0.0330. The van der Waals surface area contributed by atoms with Crippen molar-refractivity contribution in [2.24, 2.45) is 0 Å². The Bertz CT molecular complexity index is 442. The molecular formula is C14H20ClN3O. The molecule has 1 fully saturated rings. The van der Waals surface area contributed by atoms with Crippen LogP contribution < -0.4 is 11.1 Å². The van der Waals surface area contributed by atoms with Gasteiger partial charge in [0.05, 0.1) is 17.3 Å². The minimum Gasteiger partial charge on any atom is -0.399 e. The molecule has 0 saturated carbocycles. The number of hydrogen-bond donors (Lipinski definition) is 2. The summed E-state index contributed by atoms with van der Waals surface area (Å²) in [6.45, 7) is 2.42. The van der Waals surface area contributed by atoms with Gasteiger partial charge in [0.15, 0.2) is 0 Å². The lowest BCUT2D eigenvalue weighted by Crippen LogP contribution is -2.34. The molecule has 3 N–H and O–H groups in total. The number of nitrogens with two attached hydrogens (primary N) is 1. The molecule has 1 aliphatic heterocycles. The predicted molar refractivity (Wildman–Crippen MR) is 79.4 cm³/mol. The number of nitrogens with zero attached hydrogens (tertiary/aromatic N) is 1. The standard InChI is InChI=1S/C14H20ClN3O/c15-12-6-5-11(16)9-13(12)17-14(19)10-18-7-3-1-2-4-8-18/h5-6,9H,1-4,7-8,10,16H2,(H,17,19). The number of carbonyl (C=O) groups excluding carboxylic acids is 1. The summed E-state index contributed by atoms with van der Waals surface area (Å²) in [5.41, 5.74) is 6.86. The van der Waals surface area contributed by atoms with Crippen LogP contribution in [0.4, 0.5) is 11.4 Å². The van der Waals surface area contributed by atoms with Crippen LogP contribution in [0.25, 0.3) is 0 Å². The highest BCUT2D eigenvalue weighted by atomic mass is 35.5. The number of amides is 1. The van der Waals surface area contributed by atoms with Crippen LogP contribution in [-0.4, -0.2) is 30.4 Å². The lowest BCUT2D eigenvalue weighted by atomic mass is 10.2. The maximum Gasteiger partial charge on any atom is 0.238 e. The Labute approximate surface area is 118 Å². The van der Waals surface area contributed by atoms with E-state index in [1.165, 1.54) is 25.7 Å². The van der Waals surface area contributed by atoms with Gasteiger partial charge in [-0.25, -0.2) is 0 Å². The first-order chi connectivity index (χ1) is 9.15. The highest BCUT2D eigenvalue weighted by molar-refractivity contribution is 6.33. The van der Waals surface area contributed by atoms with Gasteiger partial charge in [-0.2, -0.15) is 0 Å². The van der Waals surface area contributed by atoms with E-state index in [2.05, 4.69) is 10.2 Å². The topological polar surface area (TPSA) is 58.4 Å². The molecule has 0 bridgehead atoms. The van der Waals surface area contributed by atoms with Crippen molar-refractivity contribution in [3.63, 3.8) is 0 Å². The first-order valence-corrected chi connectivity index (χ1v) is 7.10. The number of anilines is 2. The van der Waals surface area contributed by atoms with E-state index in [0.29, 0.717) is 22.9 Å². The summed E-state index contributed by atoms with van der Waals surface area (Å²) in [5, 5.41) is 3.34.